The van der Waals surface area contributed by atoms with Gasteiger partial charge in [-0.25, -0.2) is 4.98 Å². The van der Waals surface area contributed by atoms with Crippen LogP contribution in [0.25, 0.3) is 0 Å². The quantitative estimate of drug-likeness (QED) is 0.519. The van der Waals surface area contributed by atoms with E-state index in [0.717, 1.165) is 0 Å². The molecule has 0 amide bonds. The molecule has 1 aliphatic rings. The summed E-state index contributed by atoms with van der Waals surface area (Å²) in [6.07, 6.45) is 0. The highest BCUT2D eigenvalue weighted by atomic mass is 35.5. The third kappa shape index (κ3) is 2.27. The molecule has 0 radical (unpaired) electrons. The van der Waals surface area contributed by atoms with Crippen LogP contribution < -0.4 is 5.32 Å². The summed E-state index contributed by atoms with van der Waals surface area (Å²) in [6, 6.07) is 2.80. The summed E-state index contributed by atoms with van der Waals surface area (Å²) in [5.41, 5.74) is 0.418. The number of aromatic nitrogens is 1. The van der Waals surface area contributed by atoms with Crippen molar-refractivity contribution in [2.75, 3.05) is 11.9 Å². The zero-order valence-corrected chi connectivity index (χ0v) is 12.3. The molecule has 2 rings (SSSR count). The third-order valence-corrected chi connectivity index (χ3v) is 5.04. The highest BCUT2D eigenvalue weighted by Gasteiger charge is 2.64. The first-order chi connectivity index (χ1) is 8.68. The molecule has 0 aliphatic heterocycles. The molecule has 104 valence electrons. The maximum atomic E-state index is 10.9. The van der Waals surface area contributed by atoms with Gasteiger partial charge in [0.25, 0.3) is 0 Å². The third-order valence-electron chi connectivity index (χ3n) is 4.83. The fraction of sp³-hybridized carbons (Fsp3) is 0.615. The van der Waals surface area contributed by atoms with Crippen molar-refractivity contribution in [3.63, 3.8) is 0 Å². The molecule has 1 aliphatic carbocycles. The molecule has 5 nitrogen and oxygen atoms in total. The minimum absolute atomic E-state index is 0.0411. The topological polar surface area (TPSA) is 68.1 Å². The molecule has 1 N–H and O–H groups in total. The first kappa shape index (κ1) is 14.1. The summed E-state index contributed by atoms with van der Waals surface area (Å²) < 4.78 is 0. The lowest BCUT2D eigenvalue weighted by molar-refractivity contribution is -0.384. The van der Waals surface area contributed by atoms with Crippen molar-refractivity contribution in [1.82, 2.24) is 4.98 Å². The van der Waals surface area contributed by atoms with E-state index in [0.29, 0.717) is 12.5 Å². The van der Waals surface area contributed by atoms with Gasteiger partial charge in [-0.2, -0.15) is 0 Å². The van der Waals surface area contributed by atoms with Crippen LogP contribution in [0.1, 0.15) is 27.7 Å². The number of nitrogens with one attached hydrogen (secondary N) is 1. The standard InChI is InChI=1S/C13H18ClN3O2/c1-12(2)9(13(12,3)4)7-15-11-8(17(18)19)5-6-10(14)16-11/h5-6,9H,7H2,1-4H3,(H,15,16). The van der Waals surface area contributed by atoms with E-state index in [2.05, 4.69) is 38.0 Å². The Morgan fingerprint density at radius 1 is 1.37 bits per heavy atom. The number of nitro groups is 1. The predicted molar refractivity (Wildman–Crippen MR) is 75.4 cm³/mol. The van der Waals surface area contributed by atoms with E-state index in [-0.39, 0.29) is 27.5 Å². The van der Waals surface area contributed by atoms with Gasteiger partial charge >= 0.3 is 5.69 Å². The van der Waals surface area contributed by atoms with E-state index in [1.165, 1.54) is 12.1 Å². The minimum atomic E-state index is -0.450. The number of hydrogen-bond donors (Lipinski definition) is 1. The van der Waals surface area contributed by atoms with Crippen LogP contribution >= 0.6 is 11.6 Å². The van der Waals surface area contributed by atoms with Gasteiger partial charge < -0.3 is 5.32 Å². The van der Waals surface area contributed by atoms with E-state index < -0.39 is 4.92 Å². The Balaban J connectivity index is 2.13. The van der Waals surface area contributed by atoms with Crippen molar-refractivity contribution >= 4 is 23.1 Å². The Labute approximate surface area is 117 Å². The van der Waals surface area contributed by atoms with Gasteiger partial charge in [-0.3, -0.25) is 10.1 Å². The largest absolute Gasteiger partial charge is 0.364 e. The van der Waals surface area contributed by atoms with E-state index >= 15 is 0 Å². The van der Waals surface area contributed by atoms with Crippen LogP contribution in [0.2, 0.25) is 5.15 Å². The van der Waals surface area contributed by atoms with Gasteiger partial charge in [-0.1, -0.05) is 39.3 Å². The number of halogens is 1. The Kier molecular flexibility index (Phi) is 3.21. The number of rotatable bonds is 4. The molecule has 0 unspecified atom stereocenters. The van der Waals surface area contributed by atoms with Gasteiger partial charge in [0, 0.05) is 12.6 Å². The van der Waals surface area contributed by atoms with Gasteiger partial charge in [0.1, 0.15) is 5.15 Å². The first-order valence-corrected chi connectivity index (χ1v) is 6.60. The molecular weight excluding hydrogens is 266 g/mol. The molecule has 0 spiro atoms. The van der Waals surface area contributed by atoms with Crippen LogP contribution in [-0.4, -0.2) is 16.5 Å². The average Bonchev–Trinajstić information content (AvgIpc) is 2.66. The van der Waals surface area contributed by atoms with Crippen molar-refractivity contribution in [2.45, 2.75) is 27.7 Å². The highest BCUT2D eigenvalue weighted by molar-refractivity contribution is 6.29. The number of nitrogens with zero attached hydrogens (tertiary/aromatic N) is 2. The molecule has 1 heterocycles. The van der Waals surface area contributed by atoms with Crippen molar-refractivity contribution in [2.24, 2.45) is 16.7 Å². The second kappa shape index (κ2) is 4.34. The van der Waals surface area contributed by atoms with Crippen LogP contribution in [0, 0.1) is 26.9 Å². The molecule has 1 aromatic rings. The second-order valence-electron chi connectivity index (χ2n) is 6.14. The molecule has 0 aromatic carbocycles. The minimum Gasteiger partial charge on any atom is -0.364 e. The van der Waals surface area contributed by atoms with Crippen molar-refractivity contribution in [3.05, 3.63) is 27.4 Å². The zero-order valence-electron chi connectivity index (χ0n) is 11.5. The van der Waals surface area contributed by atoms with Gasteiger partial charge in [0.2, 0.25) is 5.82 Å². The summed E-state index contributed by atoms with van der Waals surface area (Å²) in [7, 11) is 0. The van der Waals surface area contributed by atoms with Gasteiger partial charge in [0.05, 0.1) is 4.92 Å². The Bertz CT molecular complexity index is 515. The molecule has 1 aromatic heterocycles. The average molecular weight is 284 g/mol. The molecule has 19 heavy (non-hydrogen) atoms. The maximum absolute atomic E-state index is 10.9. The zero-order chi connectivity index (χ0) is 14.4. The van der Waals surface area contributed by atoms with Crippen LogP contribution in [-0.2, 0) is 0 Å². The summed E-state index contributed by atoms with van der Waals surface area (Å²) in [5, 5.41) is 14.3. The number of pyridine rings is 1. The molecule has 0 atom stereocenters. The fourth-order valence-electron chi connectivity index (χ4n) is 2.75. The highest BCUT2D eigenvalue weighted by Crippen LogP contribution is 2.68. The summed E-state index contributed by atoms with van der Waals surface area (Å²) >= 11 is 5.79. The van der Waals surface area contributed by atoms with E-state index in [1.54, 1.807) is 0 Å². The Morgan fingerprint density at radius 3 is 2.42 bits per heavy atom. The molecule has 0 saturated heterocycles. The lowest BCUT2D eigenvalue weighted by atomic mass is 10.0. The van der Waals surface area contributed by atoms with Crippen LogP contribution in [0.4, 0.5) is 11.5 Å². The first-order valence-electron chi connectivity index (χ1n) is 6.22. The fourth-order valence-corrected chi connectivity index (χ4v) is 2.90. The van der Waals surface area contributed by atoms with E-state index in [4.69, 9.17) is 11.6 Å². The van der Waals surface area contributed by atoms with Crippen LogP contribution in [0.3, 0.4) is 0 Å². The molecule has 0 bridgehead atoms. The summed E-state index contributed by atoms with van der Waals surface area (Å²) in [6.45, 7) is 9.49. The second-order valence-corrected chi connectivity index (χ2v) is 6.52. The summed E-state index contributed by atoms with van der Waals surface area (Å²) in [4.78, 5) is 14.5. The summed E-state index contributed by atoms with van der Waals surface area (Å²) in [5.74, 6) is 0.705. The predicted octanol–water partition coefficient (Wildman–Crippen LogP) is 3.74. The lowest BCUT2D eigenvalue weighted by Crippen LogP contribution is -2.11. The van der Waals surface area contributed by atoms with Crippen LogP contribution in [0.5, 0.6) is 0 Å². The van der Waals surface area contributed by atoms with E-state index in [9.17, 15) is 10.1 Å². The van der Waals surface area contributed by atoms with Gasteiger partial charge in [-0.15, -0.1) is 0 Å². The molecule has 1 saturated carbocycles. The number of anilines is 1. The van der Waals surface area contributed by atoms with Gasteiger partial charge in [-0.05, 0) is 22.8 Å². The molecular formula is C13H18ClN3O2. The number of hydrogen-bond acceptors (Lipinski definition) is 4. The molecule has 6 heteroatoms. The Hall–Kier alpha value is -1.36. The van der Waals surface area contributed by atoms with Crippen molar-refractivity contribution in [3.8, 4) is 0 Å². The van der Waals surface area contributed by atoms with Gasteiger partial charge in [0.15, 0.2) is 0 Å². The van der Waals surface area contributed by atoms with Crippen LogP contribution in [0.15, 0.2) is 12.1 Å². The lowest BCUT2D eigenvalue weighted by Gasteiger charge is -2.07. The van der Waals surface area contributed by atoms with Crippen molar-refractivity contribution < 1.29 is 4.92 Å². The maximum Gasteiger partial charge on any atom is 0.311 e. The van der Waals surface area contributed by atoms with Crippen molar-refractivity contribution in [1.29, 1.82) is 0 Å². The Morgan fingerprint density at radius 2 is 1.95 bits per heavy atom. The van der Waals surface area contributed by atoms with E-state index in [1.807, 2.05) is 0 Å². The smallest absolute Gasteiger partial charge is 0.311 e. The molecule has 1 fully saturated rings. The normalized spacial score (nSPS) is 20.1. The monoisotopic (exact) mass is 283 g/mol. The SMILES string of the molecule is CC1(C)C(CNc2nc(Cl)ccc2[N+](=O)[O-])C1(C)C.